The number of amides is 1. The van der Waals surface area contributed by atoms with Crippen molar-refractivity contribution >= 4 is 5.91 Å². The Balaban J connectivity index is 1.36. The van der Waals surface area contributed by atoms with E-state index in [0.717, 1.165) is 35.3 Å². The number of hydrogen-bond donors (Lipinski definition) is 1. The van der Waals surface area contributed by atoms with Gasteiger partial charge in [0.15, 0.2) is 0 Å². The summed E-state index contributed by atoms with van der Waals surface area (Å²) < 4.78 is 1.99. The molecule has 1 heterocycles. The molecule has 1 aromatic carbocycles. The van der Waals surface area contributed by atoms with Gasteiger partial charge in [-0.15, -0.1) is 0 Å². The maximum absolute atomic E-state index is 12.6. The minimum absolute atomic E-state index is 0.177. The van der Waals surface area contributed by atoms with Crippen molar-refractivity contribution in [1.82, 2.24) is 15.1 Å². The molecule has 2 bridgehead atoms. The van der Waals surface area contributed by atoms with Crippen molar-refractivity contribution in [2.45, 2.75) is 65.3 Å². The largest absolute Gasteiger partial charge is 0.353 e. The Morgan fingerprint density at radius 2 is 2.00 bits per heavy atom. The van der Waals surface area contributed by atoms with E-state index in [2.05, 4.69) is 31.3 Å². The molecule has 0 saturated heterocycles. The summed E-state index contributed by atoms with van der Waals surface area (Å²) in [6.07, 6.45) is 6.77. The van der Waals surface area contributed by atoms with Crippen LogP contribution in [-0.4, -0.2) is 21.7 Å². The molecule has 4 unspecified atom stereocenters. The van der Waals surface area contributed by atoms with E-state index in [9.17, 15) is 4.79 Å². The Morgan fingerprint density at radius 1 is 1.22 bits per heavy atom. The van der Waals surface area contributed by atoms with Crippen LogP contribution in [0.15, 0.2) is 30.3 Å². The molecule has 144 valence electrons. The molecular weight excluding hydrogens is 334 g/mol. The van der Waals surface area contributed by atoms with Crippen LogP contribution in [0.5, 0.6) is 0 Å². The van der Waals surface area contributed by atoms with E-state index in [1.165, 1.54) is 31.2 Å². The molecule has 0 spiro atoms. The van der Waals surface area contributed by atoms with Gasteiger partial charge >= 0.3 is 0 Å². The molecular formula is C23H31N3O. The topological polar surface area (TPSA) is 46.9 Å². The van der Waals surface area contributed by atoms with Crippen LogP contribution >= 0.6 is 0 Å². The van der Waals surface area contributed by atoms with Crippen LogP contribution in [0.25, 0.3) is 5.69 Å². The van der Waals surface area contributed by atoms with Crippen molar-refractivity contribution in [1.29, 1.82) is 0 Å². The fourth-order valence-corrected chi connectivity index (χ4v) is 5.44. The van der Waals surface area contributed by atoms with E-state index in [1.807, 2.05) is 29.8 Å². The van der Waals surface area contributed by atoms with E-state index in [1.54, 1.807) is 0 Å². The van der Waals surface area contributed by atoms with Gasteiger partial charge < -0.3 is 5.32 Å². The molecule has 1 N–H and O–H groups in total. The van der Waals surface area contributed by atoms with E-state index in [4.69, 9.17) is 5.10 Å². The molecule has 2 saturated carbocycles. The standard InChI is InChI=1S/C23H31N3O/c1-15(22-14-18-9-10-19(22)13-18)24-23(27)12-11-21-16(2)25-26(17(21)3)20-7-5-4-6-8-20/h4-8,15,18-19,22H,9-14H2,1-3H3,(H,24,27). The van der Waals surface area contributed by atoms with Crippen molar-refractivity contribution in [2.24, 2.45) is 17.8 Å². The zero-order valence-corrected chi connectivity index (χ0v) is 16.7. The van der Waals surface area contributed by atoms with Gasteiger partial charge in [-0.1, -0.05) is 24.6 Å². The third kappa shape index (κ3) is 3.67. The van der Waals surface area contributed by atoms with Crippen LogP contribution < -0.4 is 5.32 Å². The van der Waals surface area contributed by atoms with Crippen LogP contribution in [0.2, 0.25) is 0 Å². The summed E-state index contributed by atoms with van der Waals surface area (Å²) in [4.78, 5) is 12.6. The van der Waals surface area contributed by atoms with Crippen molar-refractivity contribution in [3.05, 3.63) is 47.3 Å². The lowest BCUT2D eigenvalue weighted by Crippen LogP contribution is -2.40. The highest BCUT2D eigenvalue weighted by molar-refractivity contribution is 5.76. The van der Waals surface area contributed by atoms with Crippen molar-refractivity contribution < 1.29 is 4.79 Å². The molecule has 4 rings (SSSR count). The molecule has 2 aliphatic rings. The molecule has 2 aliphatic carbocycles. The first-order chi connectivity index (χ1) is 13.0. The molecule has 1 amide bonds. The quantitative estimate of drug-likeness (QED) is 0.827. The van der Waals surface area contributed by atoms with Gasteiger partial charge in [-0.3, -0.25) is 4.79 Å². The number of carbonyl (C=O) groups excluding carboxylic acids is 1. The molecule has 27 heavy (non-hydrogen) atoms. The first-order valence-electron chi connectivity index (χ1n) is 10.4. The molecule has 0 radical (unpaired) electrons. The van der Waals surface area contributed by atoms with E-state index >= 15 is 0 Å². The minimum atomic E-state index is 0.177. The predicted molar refractivity (Wildman–Crippen MR) is 108 cm³/mol. The second-order valence-electron chi connectivity index (χ2n) is 8.59. The van der Waals surface area contributed by atoms with Gasteiger partial charge in [-0.05, 0) is 81.9 Å². The van der Waals surface area contributed by atoms with Crippen molar-refractivity contribution in [2.75, 3.05) is 0 Å². The Labute approximate surface area is 162 Å². The first kappa shape index (κ1) is 18.3. The zero-order chi connectivity index (χ0) is 19.0. The highest BCUT2D eigenvalue weighted by Gasteiger charge is 2.42. The summed E-state index contributed by atoms with van der Waals surface area (Å²) in [5, 5.41) is 7.98. The molecule has 1 aromatic heterocycles. The van der Waals surface area contributed by atoms with Gasteiger partial charge in [0.25, 0.3) is 0 Å². The Hall–Kier alpha value is -2.10. The number of benzene rings is 1. The maximum Gasteiger partial charge on any atom is 0.220 e. The third-order valence-electron chi connectivity index (χ3n) is 6.87. The Kier molecular flexibility index (Phi) is 5.07. The van der Waals surface area contributed by atoms with E-state index in [0.29, 0.717) is 18.4 Å². The monoisotopic (exact) mass is 365 g/mol. The number of para-hydroxylation sites is 1. The summed E-state index contributed by atoms with van der Waals surface area (Å²) in [6.45, 7) is 6.34. The van der Waals surface area contributed by atoms with Crippen LogP contribution in [-0.2, 0) is 11.2 Å². The predicted octanol–water partition coefficient (Wildman–Crippen LogP) is 4.36. The van der Waals surface area contributed by atoms with Gasteiger partial charge in [0.1, 0.15) is 0 Å². The summed E-state index contributed by atoms with van der Waals surface area (Å²) in [5.41, 5.74) is 4.42. The summed E-state index contributed by atoms with van der Waals surface area (Å²) in [7, 11) is 0. The lowest BCUT2D eigenvalue weighted by molar-refractivity contribution is -0.122. The van der Waals surface area contributed by atoms with Crippen molar-refractivity contribution in [3.8, 4) is 5.69 Å². The number of fused-ring (bicyclic) bond motifs is 2. The lowest BCUT2D eigenvalue weighted by Gasteiger charge is -2.28. The molecule has 4 atom stereocenters. The number of nitrogens with one attached hydrogen (secondary N) is 1. The van der Waals surface area contributed by atoms with Gasteiger partial charge in [-0.25, -0.2) is 4.68 Å². The van der Waals surface area contributed by atoms with Crippen LogP contribution in [0, 0.1) is 31.6 Å². The Morgan fingerprint density at radius 3 is 2.67 bits per heavy atom. The fourth-order valence-electron chi connectivity index (χ4n) is 5.44. The van der Waals surface area contributed by atoms with Gasteiger partial charge in [-0.2, -0.15) is 5.10 Å². The number of aryl methyl sites for hydroxylation is 1. The molecule has 4 heteroatoms. The average Bonchev–Trinajstić information content (AvgIpc) is 3.36. The second kappa shape index (κ2) is 7.49. The Bertz CT molecular complexity index is 811. The van der Waals surface area contributed by atoms with Crippen molar-refractivity contribution in [3.63, 3.8) is 0 Å². The third-order valence-corrected chi connectivity index (χ3v) is 6.87. The highest BCUT2D eigenvalue weighted by atomic mass is 16.1. The number of rotatable bonds is 6. The van der Waals surface area contributed by atoms with E-state index in [-0.39, 0.29) is 5.91 Å². The molecule has 4 nitrogen and oxygen atoms in total. The normalized spacial score (nSPS) is 24.9. The molecule has 0 aliphatic heterocycles. The van der Waals surface area contributed by atoms with E-state index < -0.39 is 0 Å². The zero-order valence-electron chi connectivity index (χ0n) is 16.7. The molecule has 2 fully saturated rings. The van der Waals surface area contributed by atoms with Gasteiger partial charge in [0.2, 0.25) is 5.91 Å². The van der Waals surface area contributed by atoms with Gasteiger partial charge in [0.05, 0.1) is 11.4 Å². The number of aromatic nitrogens is 2. The SMILES string of the molecule is Cc1nn(-c2ccccc2)c(C)c1CCC(=O)NC(C)C1CC2CCC1C2. The second-order valence-corrected chi connectivity index (χ2v) is 8.59. The first-order valence-corrected chi connectivity index (χ1v) is 10.4. The summed E-state index contributed by atoms with van der Waals surface area (Å²) >= 11 is 0. The van der Waals surface area contributed by atoms with Crippen LogP contribution in [0.3, 0.4) is 0 Å². The van der Waals surface area contributed by atoms with Gasteiger partial charge in [0, 0.05) is 18.2 Å². The number of hydrogen-bond acceptors (Lipinski definition) is 2. The minimum Gasteiger partial charge on any atom is -0.353 e. The number of carbonyl (C=O) groups is 1. The van der Waals surface area contributed by atoms with Crippen LogP contribution in [0.1, 0.15) is 56.0 Å². The number of nitrogens with zero attached hydrogens (tertiary/aromatic N) is 2. The summed E-state index contributed by atoms with van der Waals surface area (Å²) in [6, 6.07) is 10.5. The van der Waals surface area contributed by atoms with Crippen LogP contribution in [0.4, 0.5) is 0 Å². The molecule has 2 aromatic rings. The summed E-state index contributed by atoms with van der Waals surface area (Å²) in [5.74, 6) is 2.64. The maximum atomic E-state index is 12.6. The highest BCUT2D eigenvalue weighted by Crippen LogP contribution is 2.49. The fraction of sp³-hybridized carbons (Fsp3) is 0.565. The average molecular weight is 366 g/mol. The smallest absolute Gasteiger partial charge is 0.220 e. The lowest BCUT2D eigenvalue weighted by atomic mass is 9.84.